The highest BCUT2D eigenvalue weighted by atomic mass is 35.5. The van der Waals surface area contributed by atoms with Gasteiger partial charge in [-0.25, -0.2) is 9.59 Å². The van der Waals surface area contributed by atoms with Crippen molar-refractivity contribution in [3.05, 3.63) is 11.5 Å². The van der Waals surface area contributed by atoms with Crippen molar-refractivity contribution in [1.82, 2.24) is 4.90 Å². The summed E-state index contributed by atoms with van der Waals surface area (Å²) in [6, 6.07) is -0.595. The molecule has 0 spiro atoms. The van der Waals surface area contributed by atoms with Crippen molar-refractivity contribution in [2.75, 3.05) is 32.7 Å². The minimum absolute atomic E-state index is 0. The number of amides is 1. The number of carboxylic acid groups (broad SMARTS) is 2. The molecule has 1 amide bonds. The lowest BCUT2D eigenvalue weighted by Crippen LogP contribution is -2.68. The van der Waals surface area contributed by atoms with Crippen LogP contribution in [0.4, 0.5) is 0 Å². The van der Waals surface area contributed by atoms with E-state index in [-0.39, 0.29) is 36.0 Å². The lowest BCUT2D eigenvalue weighted by molar-refractivity contribution is -0.164. The van der Waals surface area contributed by atoms with Crippen LogP contribution in [-0.2, 0) is 28.6 Å². The van der Waals surface area contributed by atoms with Gasteiger partial charge in [-0.3, -0.25) is 9.69 Å². The summed E-state index contributed by atoms with van der Waals surface area (Å²) in [5.41, 5.74) is 5.48. The molecule has 3 rings (SSSR count). The Kier molecular flexibility index (Phi) is 7.96. The molecule has 3 aliphatic heterocycles. The van der Waals surface area contributed by atoms with Gasteiger partial charge in [-0.1, -0.05) is 0 Å². The third-order valence-electron chi connectivity index (χ3n) is 3.51. The van der Waals surface area contributed by atoms with Crippen LogP contribution < -0.4 is 5.73 Å². The highest BCUT2D eigenvalue weighted by Crippen LogP contribution is 2.39. The molecular formula is C13H19ClN2O8S. The normalized spacial score (nSPS) is 27.8. The molecular weight excluding hydrogens is 380 g/mol. The molecule has 0 saturated carbocycles. The van der Waals surface area contributed by atoms with E-state index in [1.807, 2.05) is 0 Å². The number of hydrogen-bond donors (Lipinski definition) is 3. The number of β-lactam (4-membered cyclic amide) rings is 1. The molecule has 142 valence electrons. The van der Waals surface area contributed by atoms with Crippen molar-refractivity contribution >= 4 is 42.0 Å². The van der Waals surface area contributed by atoms with E-state index in [2.05, 4.69) is 0 Å². The van der Waals surface area contributed by atoms with Gasteiger partial charge >= 0.3 is 11.9 Å². The largest absolute Gasteiger partial charge is 0.498 e. The Balaban J connectivity index is 0.000000270. The second-order valence-corrected chi connectivity index (χ2v) is 6.09. The van der Waals surface area contributed by atoms with Gasteiger partial charge in [0.25, 0.3) is 0 Å². The Bertz CT molecular complexity index is 566. The maximum absolute atomic E-state index is 11.4. The maximum Gasteiger partial charge on any atom is 0.356 e. The van der Waals surface area contributed by atoms with Crippen LogP contribution in [0.2, 0.25) is 0 Å². The van der Waals surface area contributed by atoms with Crippen LogP contribution in [-0.4, -0.2) is 83.2 Å². The van der Waals surface area contributed by atoms with Gasteiger partial charge in [0.1, 0.15) is 17.2 Å². The van der Waals surface area contributed by atoms with Crippen LogP contribution in [0.25, 0.3) is 0 Å². The van der Waals surface area contributed by atoms with E-state index in [9.17, 15) is 14.4 Å². The first-order valence-electron chi connectivity index (χ1n) is 7.01. The van der Waals surface area contributed by atoms with Gasteiger partial charge < -0.3 is 30.2 Å². The highest BCUT2D eigenvalue weighted by Gasteiger charge is 2.52. The molecule has 0 aromatic heterocycles. The number of ether oxygens (including phenoxy) is 3. The summed E-state index contributed by atoms with van der Waals surface area (Å²) in [4.78, 5) is 33.7. The van der Waals surface area contributed by atoms with Gasteiger partial charge in [-0.2, -0.15) is 0 Å². The van der Waals surface area contributed by atoms with Crippen LogP contribution in [0.3, 0.4) is 0 Å². The van der Waals surface area contributed by atoms with Crippen molar-refractivity contribution in [2.24, 2.45) is 5.73 Å². The topological polar surface area (TPSA) is 149 Å². The lowest BCUT2D eigenvalue weighted by atomic mass is 10.1. The Hall–Kier alpha value is -1.53. The molecule has 0 aromatic carbocycles. The molecule has 0 aromatic rings. The van der Waals surface area contributed by atoms with Crippen LogP contribution in [0.1, 0.15) is 0 Å². The van der Waals surface area contributed by atoms with Crippen LogP contribution >= 0.6 is 24.2 Å². The highest BCUT2D eigenvalue weighted by molar-refractivity contribution is 8.00. The Labute approximate surface area is 153 Å². The van der Waals surface area contributed by atoms with Crippen molar-refractivity contribution in [1.29, 1.82) is 0 Å². The third kappa shape index (κ3) is 4.55. The molecule has 2 unspecified atom stereocenters. The Morgan fingerprint density at radius 2 is 2.04 bits per heavy atom. The molecule has 3 aliphatic rings. The number of carboxylic acids is 2. The van der Waals surface area contributed by atoms with Gasteiger partial charge in [0.05, 0.1) is 32.7 Å². The Morgan fingerprint density at radius 1 is 1.36 bits per heavy atom. The fraction of sp³-hybridized carbons (Fsp3) is 0.615. The fourth-order valence-corrected chi connectivity index (χ4v) is 3.53. The van der Waals surface area contributed by atoms with E-state index in [1.165, 1.54) is 23.8 Å². The lowest BCUT2D eigenvalue weighted by Gasteiger charge is -2.47. The third-order valence-corrected chi connectivity index (χ3v) is 4.79. The van der Waals surface area contributed by atoms with Gasteiger partial charge in [0, 0.05) is 0 Å². The molecule has 0 bridgehead atoms. The number of halogens is 1. The zero-order chi connectivity index (χ0) is 17.9. The molecule has 25 heavy (non-hydrogen) atoms. The molecule has 10 nitrogen and oxygen atoms in total. The summed E-state index contributed by atoms with van der Waals surface area (Å²) in [6.45, 7) is 1.07. The first kappa shape index (κ1) is 21.5. The van der Waals surface area contributed by atoms with Crippen molar-refractivity contribution in [3.63, 3.8) is 0 Å². The number of hydrogen-bond acceptors (Lipinski definition) is 8. The smallest absolute Gasteiger partial charge is 0.356 e. The fourth-order valence-electron chi connectivity index (χ4n) is 2.27. The van der Waals surface area contributed by atoms with E-state index < -0.39 is 24.1 Å². The van der Waals surface area contributed by atoms with E-state index in [4.69, 9.17) is 30.2 Å². The zero-order valence-electron chi connectivity index (χ0n) is 13.2. The Morgan fingerprint density at radius 3 is 2.48 bits per heavy atom. The number of nitrogens with zero attached hydrogens (tertiary/aromatic N) is 1. The molecule has 0 aliphatic carbocycles. The number of nitrogens with two attached hydrogens (primary N) is 1. The van der Waals surface area contributed by atoms with E-state index >= 15 is 0 Å². The molecule has 3 heterocycles. The number of methoxy groups -OCH3 is 1. The first-order chi connectivity index (χ1) is 11.4. The molecule has 2 fully saturated rings. The molecule has 12 heteroatoms. The van der Waals surface area contributed by atoms with Crippen LogP contribution in [0.5, 0.6) is 0 Å². The zero-order valence-corrected chi connectivity index (χ0v) is 14.9. The summed E-state index contributed by atoms with van der Waals surface area (Å²) in [7, 11) is 1.39. The number of carbonyl (C=O) groups excluding carboxylic acids is 1. The number of aliphatic carboxylic acids is 2. The summed E-state index contributed by atoms with van der Waals surface area (Å²) in [6.07, 6.45) is -0.751. The summed E-state index contributed by atoms with van der Waals surface area (Å²) in [5.74, 6) is -1.73. The molecule has 3 atom stereocenters. The van der Waals surface area contributed by atoms with E-state index in [0.717, 1.165) is 0 Å². The minimum atomic E-state index is -1.16. The number of carbonyl (C=O) groups is 3. The first-order valence-corrected chi connectivity index (χ1v) is 8.06. The quantitative estimate of drug-likeness (QED) is 0.509. The summed E-state index contributed by atoms with van der Waals surface area (Å²) >= 11 is 1.41. The molecule has 4 N–H and O–H groups in total. The van der Waals surface area contributed by atoms with Gasteiger partial charge in [0.2, 0.25) is 5.91 Å². The second kappa shape index (κ2) is 9.25. The predicted molar refractivity (Wildman–Crippen MR) is 88.2 cm³/mol. The van der Waals surface area contributed by atoms with Crippen molar-refractivity contribution in [3.8, 4) is 0 Å². The predicted octanol–water partition coefficient (Wildman–Crippen LogP) is -0.920. The summed E-state index contributed by atoms with van der Waals surface area (Å²) in [5, 5.41) is 17.1. The molecule has 2 saturated heterocycles. The van der Waals surface area contributed by atoms with Crippen LogP contribution in [0, 0.1) is 0 Å². The van der Waals surface area contributed by atoms with E-state index in [0.29, 0.717) is 24.7 Å². The van der Waals surface area contributed by atoms with Crippen molar-refractivity contribution in [2.45, 2.75) is 17.5 Å². The maximum atomic E-state index is 11.4. The molecule has 0 radical (unpaired) electrons. The monoisotopic (exact) mass is 398 g/mol. The number of thioether (sulfide) groups is 1. The van der Waals surface area contributed by atoms with Crippen LogP contribution in [0.15, 0.2) is 11.5 Å². The van der Waals surface area contributed by atoms with E-state index in [1.54, 1.807) is 0 Å². The average molecular weight is 399 g/mol. The van der Waals surface area contributed by atoms with Gasteiger partial charge in [-0.05, 0) is 0 Å². The summed E-state index contributed by atoms with van der Waals surface area (Å²) < 4.78 is 14.6. The average Bonchev–Trinajstić information content (AvgIpc) is 2.60. The standard InChI is InChI=1S/C8H10N2O4S.C5H8O4.ClH/c1-14-3-2-15-7-4(9)6(11)10(7)5(3)8(12)13;6-5(7)4-3-8-1-2-9-4;/h4,7H,2,9H2,1H3,(H,12,13);4H,1-3H2,(H,6,7);1H/t4?,7-;;/m1../s1. The SMILES string of the molecule is COC1=C(C(=O)O)N2C(=O)C(N)[C@H]2SC1.Cl.O=C(O)C1COCCO1. The number of rotatable bonds is 3. The van der Waals surface area contributed by atoms with Crippen molar-refractivity contribution < 1.29 is 38.8 Å². The minimum Gasteiger partial charge on any atom is -0.498 e. The number of fused-ring (bicyclic) bond motifs is 1. The van der Waals surface area contributed by atoms with Gasteiger partial charge in [-0.15, -0.1) is 24.2 Å². The van der Waals surface area contributed by atoms with Gasteiger partial charge in [0.15, 0.2) is 11.8 Å². The second-order valence-electron chi connectivity index (χ2n) is 4.99.